The highest BCUT2D eigenvalue weighted by Gasteiger charge is 2.30. The fourth-order valence-electron chi connectivity index (χ4n) is 2.82. The van der Waals surface area contributed by atoms with Crippen LogP contribution in [0.3, 0.4) is 0 Å². The van der Waals surface area contributed by atoms with Crippen molar-refractivity contribution in [1.29, 1.82) is 0 Å². The molecule has 1 heterocycles. The van der Waals surface area contributed by atoms with Crippen LogP contribution < -0.4 is 5.32 Å². The molecule has 0 radical (unpaired) electrons. The van der Waals surface area contributed by atoms with Crippen LogP contribution in [0.5, 0.6) is 0 Å². The van der Waals surface area contributed by atoms with Crippen molar-refractivity contribution in [3.05, 3.63) is 47.0 Å². The van der Waals surface area contributed by atoms with Crippen molar-refractivity contribution >= 4 is 23.6 Å². The van der Waals surface area contributed by atoms with Gasteiger partial charge in [-0.25, -0.2) is 0 Å². The summed E-state index contributed by atoms with van der Waals surface area (Å²) in [5.74, 6) is 0.194. The summed E-state index contributed by atoms with van der Waals surface area (Å²) in [5.41, 5.74) is -0.286. The number of alkyl halides is 3. The highest BCUT2D eigenvalue weighted by molar-refractivity contribution is 7.99. The zero-order valence-corrected chi connectivity index (χ0v) is 17.6. The Morgan fingerprint density at radius 3 is 2.63 bits per heavy atom. The monoisotopic (exact) mass is 446 g/mol. The largest absolute Gasteiger partial charge is 0.416 e. The lowest BCUT2D eigenvalue weighted by atomic mass is 10.1. The molecule has 1 aromatic carbocycles. The first-order valence-electron chi connectivity index (χ1n) is 9.36. The number of aliphatic hydroxyl groups is 1. The molecule has 2 N–H and O–H groups in total. The third-order valence-corrected chi connectivity index (χ3v) is 5.70. The summed E-state index contributed by atoms with van der Waals surface area (Å²) in [6.45, 7) is 2.14. The molecule has 0 fully saturated rings. The minimum absolute atomic E-state index is 0.0296. The van der Waals surface area contributed by atoms with Crippen molar-refractivity contribution in [2.75, 3.05) is 31.7 Å². The van der Waals surface area contributed by atoms with E-state index in [1.165, 1.54) is 24.1 Å². The Balaban J connectivity index is 2.20. The van der Waals surface area contributed by atoms with Crippen molar-refractivity contribution in [2.45, 2.75) is 25.9 Å². The Bertz CT molecular complexity index is 768. The topological polar surface area (TPSA) is 78.9 Å². The van der Waals surface area contributed by atoms with E-state index in [1.807, 2.05) is 6.92 Å². The molecule has 2 atom stereocenters. The molecule has 0 aromatic heterocycles. The van der Waals surface area contributed by atoms with Crippen LogP contribution >= 0.6 is 11.8 Å². The van der Waals surface area contributed by atoms with Gasteiger partial charge in [-0.05, 0) is 29.4 Å². The van der Waals surface area contributed by atoms with Gasteiger partial charge in [0.1, 0.15) is 5.57 Å². The molecule has 0 spiro atoms. The van der Waals surface area contributed by atoms with E-state index >= 15 is 0 Å². The second kappa shape index (κ2) is 10.8. The number of rotatable bonds is 6. The number of hydrogen-bond acceptors (Lipinski definition) is 5. The molecule has 0 saturated carbocycles. The molecule has 2 amide bonds. The summed E-state index contributed by atoms with van der Waals surface area (Å²) in [5, 5.41) is 11.9. The number of nitrogens with zero attached hydrogens (tertiary/aromatic N) is 1. The molecule has 0 saturated heterocycles. The maximum Gasteiger partial charge on any atom is 0.416 e. The van der Waals surface area contributed by atoms with Gasteiger partial charge >= 0.3 is 6.18 Å². The molecule has 1 aromatic rings. The number of allylic oxidation sites excluding steroid dienone is 1. The first kappa shape index (κ1) is 24.2. The third-order valence-electron chi connectivity index (χ3n) is 4.46. The summed E-state index contributed by atoms with van der Waals surface area (Å²) < 4.78 is 43.0. The van der Waals surface area contributed by atoms with Gasteiger partial charge in [0.15, 0.2) is 6.29 Å². The number of aliphatic hydroxyl groups excluding tert-OH is 1. The van der Waals surface area contributed by atoms with Crippen molar-refractivity contribution in [3.8, 4) is 0 Å². The maximum absolute atomic E-state index is 13.1. The summed E-state index contributed by atoms with van der Waals surface area (Å²) in [4.78, 5) is 27.1. The van der Waals surface area contributed by atoms with Gasteiger partial charge in [0.05, 0.1) is 12.1 Å². The second-order valence-electron chi connectivity index (χ2n) is 6.95. The summed E-state index contributed by atoms with van der Waals surface area (Å²) in [6, 6.07) is 4.61. The zero-order chi connectivity index (χ0) is 22.3. The lowest BCUT2D eigenvalue weighted by Crippen LogP contribution is -2.41. The Labute approximate surface area is 177 Å². The lowest BCUT2D eigenvalue weighted by molar-refractivity contribution is -0.137. The SMILES string of the molecule is COC(O)CNC(=O)/C1=C/C(C)CSCCN(Cc2ccc(C(F)(F)F)cc2)C1=O. The standard InChI is InChI=1S/C20H25F3N2O4S/c1-13-9-16(18(27)24-10-17(26)29-2)19(28)25(7-8-30-12-13)11-14-3-5-15(6-4-14)20(21,22)23/h3-6,9,13,17,26H,7-8,10-12H2,1-2H3,(H,24,27)/b16-9-. The highest BCUT2D eigenvalue weighted by atomic mass is 32.2. The maximum atomic E-state index is 13.1. The predicted octanol–water partition coefficient (Wildman–Crippen LogP) is 2.42. The molecule has 166 valence electrons. The van der Waals surface area contributed by atoms with Crippen LogP contribution in [-0.4, -0.2) is 59.8 Å². The molecule has 30 heavy (non-hydrogen) atoms. The minimum Gasteiger partial charge on any atom is -0.366 e. The average Bonchev–Trinajstić information content (AvgIpc) is 2.77. The number of nitrogens with one attached hydrogen (secondary N) is 1. The molecule has 10 heteroatoms. The molecule has 1 aliphatic rings. The molecule has 2 rings (SSSR count). The number of methoxy groups -OCH3 is 1. The van der Waals surface area contributed by atoms with Crippen LogP contribution in [-0.2, 0) is 27.0 Å². The van der Waals surface area contributed by atoms with Gasteiger partial charge in [0, 0.05) is 26.0 Å². The fraction of sp³-hybridized carbons (Fsp3) is 0.500. The minimum atomic E-state index is -4.43. The first-order chi connectivity index (χ1) is 14.1. The van der Waals surface area contributed by atoms with E-state index in [4.69, 9.17) is 0 Å². The number of amides is 2. The van der Waals surface area contributed by atoms with Gasteiger partial charge in [-0.1, -0.05) is 25.1 Å². The van der Waals surface area contributed by atoms with E-state index in [2.05, 4.69) is 10.1 Å². The van der Waals surface area contributed by atoms with Gasteiger partial charge in [-0.15, -0.1) is 0 Å². The van der Waals surface area contributed by atoms with Crippen LogP contribution in [0.25, 0.3) is 0 Å². The van der Waals surface area contributed by atoms with Crippen LogP contribution in [0.2, 0.25) is 0 Å². The van der Waals surface area contributed by atoms with E-state index in [-0.39, 0.29) is 24.6 Å². The van der Waals surface area contributed by atoms with E-state index in [9.17, 15) is 27.9 Å². The summed E-state index contributed by atoms with van der Waals surface area (Å²) in [7, 11) is 1.28. The van der Waals surface area contributed by atoms with E-state index in [1.54, 1.807) is 17.8 Å². The number of thioether (sulfide) groups is 1. The van der Waals surface area contributed by atoms with E-state index in [0.717, 1.165) is 17.9 Å². The number of carbonyl (C=O) groups excluding carboxylic acids is 2. The number of hydrogen-bond donors (Lipinski definition) is 2. The molecule has 6 nitrogen and oxygen atoms in total. The van der Waals surface area contributed by atoms with Crippen LogP contribution in [0, 0.1) is 5.92 Å². The number of carbonyl (C=O) groups is 2. The van der Waals surface area contributed by atoms with Crippen molar-refractivity contribution in [3.63, 3.8) is 0 Å². The average molecular weight is 446 g/mol. The fourth-order valence-corrected chi connectivity index (χ4v) is 3.81. The Morgan fingerprint density at radius 2 is 2.03 bits per heavy atom. The lowest BCUT2D eigenvalue weighted by Gasteiger charge is -2.23. The summed E-state index contributed by atoms with van der Waals surface area (Å²) in [6.07, 6.45) is -4.04. The van der Waals surface area contributed by atoms with Crippen LogP contribution in [0.4, 0.5) is 13.2 Å². The molecule has 1 aliphatic heterocycles. The quantitative estimate of drug-likeness (QED) is 0.518. The van der Waals surface area contributed by atoms with Gasteiger partial charge in [-0.3, -0.25) is 9.59 Å². The molecule has 0 aliphatic carbocycles. The Morgan fingerprint density at radius 1 is 1.37 bits per heavy atom. The first-order valence-corrected chi connectivity index (χ1v) is 10.5. The molecular formula is C20H25F3N2O4S. The molecule has 2 unspecified atom stereocenters. The second-order valence-corrected chi connectivity index (χ2v) is 8.10. The normalized spacial score (nSPS) is 21.1. The third kappa shape index (κ3) is 7.03. The summed E-state index contributed by atoms with van der Waals surface area (Å²) >= 11 is 1.63. The predicted molar refractivity (Wildman–Crippen MR) is 107 cm³/mol. The van der Waals surface area contributed by atoms with Crippen molar-refractivity contribution < 1.29 is 32.6 Å². The van der Waals surface area contributed by atoms with E-state index < -0.39 is 29.8 Å². The van der Waals surface area contributed by atoms with Gasteiger partial charge in [-0.2, -0.15) is 24.9 Å². The number of halogens is 3. The van der Waals surface area contributed by atoms with Gasteiger partial charge in [0.25, 0.3) is 11.8 Å². The van der Waals surface area contributed by atoms with Crippen molar-refractivity contribution in [1.82, 2.24) is 10.2 Å². The van der Waals surface area contributed by atoms with Crippen LogP contribution in [0.1, 0.15) is 18.1 Å². The van der Waals surface area contributed by atoms with E-state index in [0.29, 0.717) is 17.9 Å². The van der Waals surface area contributed by atoms with Crippen molar-refractivity contribution in [2.24, 2.45) is 5.92 Å². The Hall–Kier alpha value is -2.04. The highest BCUT2D eigenvalue weighted by Crippen LogP contribution is 2.29. The van der Waals surface area contributed by atoms with Crippen LogP contribution in [0.15, 0.2) is 35.9 Å². The van der Waals surface area contributed by atoms with Gasteiger partial charge < -0.3 is 20.1 Å². The number of benzene rings is 1. The Kier molecular flexibility index (Phi) is 8.75. The number of ether oxygens (including phenoxy) is 1. The zero-order valence-electron chi connectivity index (χ0n) is 16.7. The smallest absolute Gasteiger partial charge is 0.366 e. The van der Waals surface area contributed by atoms with Gasteiger partial charge in [0.2, 0.25) is 0 Å². The molecule has 0 bridgehead atoms. The molecular weight excluding hydrogens is 421 g/mol.